The second-order valence-corrected chi connectivity index (χ2v) is 5.07. The van der Waals surface area contributed by atoms with Crippen LogP contribution in [-0.2, 0) is 17.8 Å². The lowest BCUT2D eigenvalue weighted by Gasteiger charge is -2.10. The molecule has 2 aromatic rings. The van der Waals surface area contributed by atoms with Crippen molar-refractivity contribution in [3.63, 3.8) is 0 Å². The lowest BCUT2D eigenvalue weighted by atomic mass is 10.1. The van der Waals surface area contributed by atoms with Gasteiger partial charge in [-0.1, -0.05) is 42.0 Å². The van der Waals surface area contributed by atoms with E-state index in [1.54, 1.807) is 0 Å². The third kappa shape index (κ3) is 3.60. The fourth-order valence-corrected chi connectivity index (χ4v) is 2.16. The summed E-state index contributed by atoms with van der Waals surface area (Å²) >= 11 is 0. The topological polar surface area (TPSA) is 55.1 Å². The van der Waals surface area contributed by atoms with Gasteiger partial charge in [-0.05, 0) is 36.6 Å². The van der Waals surface area contributed by atoms with Crippen molar-refractivity contribution in [1.82, 2.24) is 5.32 Å². The highest BCUT2D eigenvalue weighted by Crippen LogP contribution is 2.15. The zero-order valence-electron chi connectivity index (χ0n) is 11.9. The van der Waals surface area contributed by atoms with Crippen LogP contribution in [0.3, 0.4) is 0 Å². The van der Waals surface area contributed by atoms with E-state index in [4.69, 9.17) is 5.73 Å². The molecule has 0 unspecified atom stereocenters. The monoisotopic (exact) mass is 268 g/mol. The van der Waals surface area contributed by atoms with Gasteiger partial charge in [-0.15, -0.1) is 0 Å². The average Bonchev–Trinajstić information content (AvgIpc) is 2.40. The van der Waals surface area contributed by atoms with Gasteiger partial charge in [0.05, 0.1) is 6.42 Å². The van der Waals surface area contributed by atoms with E-state index in [1.165, 1.54) is 5.56 Å². The maximum Gasteiger partial charge on any atom is 0.224 e. The van der Waals surface area contributed by atoms with Gasteiger partial charge in [0.25, 0.3) is 0 Å². The quantitative estimate of drug-likeness (QED) is 0.838. The summed E-state index contributed by atoms with van der Waals surface area (Å²) in [6.45, 7) is 4.51. The Morgan fingerprint density at radius 1 is 1.15 bits per heavy atom. The second kappa shape index (κ2) is 6.24. The first-order valence-corrected chi connectivity index (χ1v) is 6.72. The van der Waals surface area contributed by atoms with Crippen LogP contribution in [0.1, 0.15) is 22.3 Å². The first kappa shape index (κ1) is 14.1. The minimum Gasteiger partial charge on any atom is -0.399 e. The van der Waals surface area contributed by atoms with E-state index < -0.39 is 0 Å². The van der Waals surface area contributed by atoms with Crippen molar-refractivity contribution in [2.45, 2.75) is 26.8 Å². The van der Waals surface area contributed by atoms with Crippen LogP contribution in [0.15, 0.2) is 42.5 Å². The van der Waals surface area contributed by atoms with Crippen LogP contribution >= 0.6 is 0 Å². The molecule has 0 fully saturated rings. The molecule has 0 radical (unpaired) electrons. The number of carbonyl (C=O) groups is 1. The van der Waals surface area contributed by atoms with E-state index in [9.17, 15) is 4.79 Å². The molecule has 0 aliphatic heterocycles. The molecule has 3 heteroatoms. The van der Waals surface area contributed by atoms with E-state index in [0.717, 1.165) is 22.4 Å². The summed E-state index contributed by atoms with van der Waals surface area (Å²) < 4.78 is 0. The molecule has 104 valence electrons. The number of nitrogens with one attached hydrogen (secondary N) is 1. The highest BCUT2D eigenvalue weighted by molar-refractivity contribution is 5.78. The number of aryl methyl sites for hydroxylation is 1. The van der Waals surface area contributed by atoms with Gasteiger partial charge >= 0.3 is 0 Å². The standard InChI is InChI=1S/C17H20N2O/c1-12-5-3-6-14(9-12)10-17(20)19-11-15-7-4-8-16(18)13(15)2/h3-9H,10-11,18H2,1-2H3,(H,19,20). The van der Waals surface area contributed by atoms with E-state index >= 15 is 0 Å². The molecule has 1 amide bonds. The molecule has 0 bridgehead atoms. The summed E-state index contributed by atoms with van der Waals surface area (Å²) in [7, 11) is 0. The van der Waals surface area contributed by atoms with Crippen molar-refractivity contribution >= 4 is 11.6 Å². The number of amides is 1. The largest absolute Gasteiger partial charge is 0.399 e. The van der Waals surface area contributed by atoms with Crippen molar-refractivity contribution in [3.05, 3.63) is 64.7 Å². The predicted molar refractivity (Wildman–Crippen MR) is 82.3 cm³/mol. The van der Waals surface area contributed by atoms with Gasteiger partial charge in [0.15, 0.2) is 0 Å². The van der Waals surface area contributed by atoms with Crippen LogP contribution in [0.5, 0.6) is 0 Å². The van der Waals surface area contributed by atoms with Crippen molar-refractivity contribution in [3.8, 4) is 0 Å². The van der Waals surface area contributed by atoms with Gasteiger partial charge < -0.3 is 11.1 Å². The lowest BCUT2D eigenvalue weighted by molar-refractivity contribution is -0.120. The zero-order chi connectivity index (χ0) is 14.5. The molecule has 0 saturated carbocycles. The fraction of sp³-hybridized carbons (Fsp3) is 0.235. The summed E-state index contributed by atoms with van der Waals surface area (Å²) in [5.41, 5.74) is 10.9. The first-order valence-electron chi connectivity index (χ1n) is 6.72. The lowest BCUT2D eigenvalue weighted by Crippen LogP contribution is -2.25. The number of anilines is 1. The SMILES string of the molecule is Cc1cccc(CC(=O)NCc2cccc(N)c2C)c1. The second-order valence-electron chi connectivity index (χ2n) is 5.07. The Morgan fingerprint density at radius 2 is 1.90 bits per heavy atom. The van der Waals surface area contributed by atoms with Crippen LogP contribution < -0.4 is 11.1 Å². The molecule has 0 heterocycles. The number of carbonyl (C=O) groups excluding carboxylic acids is 1. The molecular weight excluding hydrogens is 248 g/mol. The molecule has 0 saturated heterocycles. The van der Waals surface area contributed by atoms with Crippen LogP contribution in [0, 0.1) is 13.8 Å². The van der Waals surface area contributed by atoms with E-state index in [2.05, 4.69) is 5.32 Å². The fourth-order valence-electron chi connectivity index (χ4n) is 2.16. The van der Waals surface area contributed by atoms with Gasteiger partial charge in [0.1, 0.15) is 0 Å². The van der Waals surface area contributed by atoms with Crippen LogP contribution in [0.4, 0.5) is 5.69 Å². The number of rotatable bonds is 4. The molecule has 20 heavy (non-hydrogen) atoms. The van der Waals surface area contributed by atoms with E-state index in [0.29, 0.717) is 13.0 Å². The van der Waals surface area contributed by atoms with E-state index in [-0.39, 0.29) is 5.91 Å². The molecule has 0 aromatic heterocycles. The molecule has 3 N–H and O–H groups in total. The molecule has 0 aliphatic carbocycles. The van der Waals surface area contributed by atoms with Crippen LogP contribution in [-0.4, -0.2) is 5.91 Å². The van der Waals surface area contributed by atoms with Crippen LogP contribution in [0.25, 0.3) is 0 Å². The van der Waals surface area contributed by atoms with Gasteiger partial charge in [-0.2, -0.15) is 0 Å². The summed E-state index contributed by atoms with van der Waals surface area (Å²) in [5, 5.41) is 2.94. The highest BCUT2D eigenvalue weighted by atomic mass is 16.1. The van der Waals surface area contributed by atoms with Crippen LogP contribution in [0.2, 0.25) is 0 Å². The first-order chi connectivity index (χ1) is 9.56. The van der Waals surface area contributed by atoms with Crippen molar-refractivity contribution < 1.29 is 4.79 Å². The molecular formula is C17H20N2O. The van der Waals surface area contributed by atoms with Gasteiger partial charge in [-0.3, -0.25) is 4.79 Å². The highest BCUT2D eigenvalue weighted by Gasteiger charge is 2.05. The number of benzene rings is 2. The third-order valence-corrected chi connectivity index (χ3v) is 3.41. The summed E-state index contributed by atoms with van der Waals surface area (Å²) in [6, 6.07) is 13.8. The number of hydrogen-bond donors (Lipinski definition) is 2. The van der Waals surface area contributed by atoms with E-state index in [1.807, 2.05) is 56.3 Å². The molecule has 2 aromatic carbocycles. The molecule has 0 aliphatic rings. The Kier molecular flexibility index (Phi) is 4.41. The average molecular weight is 268 g/mol. The minimum atomic E-state index is 0.0254. The molecule has 3 nitrogen and oxygen atoms in total. The van der Waals surface area contributed by atoms with Gasteiger partial charge in [0.2, 0.25) is 5.91 Å². The Bertz CT molecular complexity index is 620. The Hall–Kier alpha value is -2.29. The smallest absolute Gasteiger partial charge is 0.224 e. The predicted octanol–water partition coefficient (Wildman–Crippen LogP) is 2.74. The normalized spacial score (nSPS) is 10.3. The van der Waals surface area contributed by atoms with Crippen molar-refractivity contribution in [2.75, 3.05) is 5.73 Å². The Labute approximate surface area is 119 Å². The number of nitrogen functional groups attached to an aromatic ring is 1. The maximum absolute atomic E-state index is 12.0. The summed E-state index contributed by atoms with van der Waals surface area (Å²) in [4.78, 5) is 12.0. The third-order valence-electron chi connectivity index (χ3n) is 3.41. The Morgan fingerprint density at radius 3 is 2.65 bits per heavy atom. The Balaban J connectivity index is 1.94. The van der Waals surface area contributed by atoms with Gasteiger partial charge in [-0.25, -0.2) is 0 Å². The van der Waals surface area contributed by atoms with Crippen molar-refractivity contribution in [2.24, 2.45) is 0 Å². The molecule has 0 spiro atoms. The van der Waals surface area contributed by atoms with Crippen molar-refractivity contribution in [1.29, 1.82) is 0 Å². The van der Waals surface area contributed by atoms with Gasteiger partial charge in [0, 0.05) is 12.2 Å². The number of hydrogen-bond acceptors (Lipinski definition) is 2. The molecule has 0 atom stereocenters. The summed E-state index contributed by atoms with van der Waals surface area (Å²) in [6.07, 6.45) is 0.406. The molecule has 2 rings (SSSR count). The zero-order valence-corrected chi connectivity index (χ0v) is 11.9. The number of nitrogens with two attached hydrogens (primary N) is 1. The minimum absolute atomic E-state index is 0.0254. The summed E-state index contributed by atoms with van der Waals surface area (Å²) in [5.74, 6) is 0.0254. The maximum atomic E-state index is 12.0.